The van der Waals surface area contributed by atoms with Crippen molar-refractivity contribution < 1.29 is 66.5 Å². The molecule has 1 heterocycles. The van der Waals surface area contributed by atoms with Crippen molar-refractivity contribution in [3.63, 3.8) is 0 Å². The molecule has 0 spiro atoms. The molecule has 0 radical (unpaired) electrons. The van der Waals surface area contributed by atoms with Crippen molar-refractivity contribution in [1.29, 1.82) is 0 Å². The fourth-order valence-corrected chi connectivity index (χ4v) is 18.7. The molecule has 0 amide bonds. The number of aromatic nitrogens is 1. The van der Waals surface area contributed by atoms with Gasteiger partial charge in [-0.05, 0) is 193 Å². The number of nitrogens with zero attached hydrogens (tertiary/aromatic N) is 1. The largest absolute Gasteiger partial charge is 0.490 e. The highest BCUT2D eigenvalue weighted by atomic mass is 16.6. The predicted octanol–water partition coefficient (Wildman–Crippen LogP) is 39.4. The molecule has 0 bridgehead atoms. The van der Waals surface area contributed by atoms with Gasteiger partial charge in [-0.2, -0.15) is 0 Å². The molecule has 0 saturated carbocycles. The number of rotatable bonds is 86. The van der Waals surface area contributed by atoms with Gasteiger partial charge in [0.05, 0.1) is 73.3 Å². The zero-order chi connectivity index (χ0) is 104. The summed E-state index contributed by atoms with van der Waals surface area (Å²) in [6, 6.07) is 56.9. The van der Waals surface area contributed by atoms with E-state index in [0.29, 0.717) is 119 Å². The van der Waals surface area contributed by atoms with Crippen molar-refractivity contribution in [1.82, 2.24) is 4.98 Å². The summed E-state index contributed by atoms with van der Waals surface area (Å²) in [6.45, 7) is 16.7. The molecule has 806 valence electrons. The molecule has 0 aliphatic heterocycles. The van der Waals surface area contributed by atoms with Crippen LogP contribution in [0.2, 0.25) is 0 Å². The second-order valence-electron chi connectivity index (χ2n) is 40.8. The van der Waals surface area contributed by atoms with Crippen LogP contribution in [0.5, 0.6) is 57.5 Å². The Labute approximate surface area is 893 Å². The number of hydrogen-bond donors (Lipinski definition) is 0. The molecule has 0 aliphatic rings. The van der Waals surface area contributed by atoms with Gasteiger partial charge in [-0.1, -0.05) is 479 Å². The van der Waals surface area contributed by atoms with Gasteiger partial charge in [-0.3, -0.25) is 0 Å². The maximum Gasteiger partial charge on any atom is 0.343 e. The first kappa shape index (κ1) is 121. The summed E-state index contributed by atoms with van der Waals surface area (Å²) in [5.74, 6) is 2.83. The normalized spacial score (nSPS) is 11.4. The highest BCUT2D eigenvalue weighted by Crippen LogP contribution is 2.43. The Morgan fingerprint density at radius 1 is 0.196 bits per heavy atom. The number of benzene rings is 8. The first-order valence-electron chi connectivity index (χ1n) is 58.9. The summed E-state index contributed by atoms with van der Waals surface area (Å²) in [4.78, 5) is 60.5. The molecule has 1 aromatic heterocycles. The monoisotopic (exact) mass is 2020 g/mol. The smallest absolute Gasteiger partial charge is 0.343 e. The van der Waals surface area contributed by atoms with Gasteiger partial charge in [-0.25, -0.2) is 24.2 Å². The third kappa shape index (κ3) is 50.6. The highest BCUT2D eigenvalue weighted by Gasteiger charge is 2.25. The van der Waals surface area contributed by atoms with E-state index in [2.05, 4.69) is 41.5 Å². The summed E-state index contributed by atoms with van der Waals surface area (Å²) in [6.07, 6.45) is 81.5. The number of esters is 4. The Kier molecular flexibility index (Phi) is 63.1. The minimum absolute atomic E-state index is 0.338. The average Bonchev–Trinajstić information content (AvgIpc) is 0.809. The maximum atomic E-state index is 14.3. The molecule has 0 unspecified atom stereocenters. The molecule has 0 N–H and O–H groups in total. The molecule has 0 atom stereocenters. The Bertz CT molecular complexity index is 4670. The molecule has 8 aromatic carbocycles. The van der Waals surface area contributed by atoms with E-state index in [0.717, 1.165) is 122 Å². The summed E-state index contributed by atoms with van der Waals surface area (Å²) in [5, 5.41) is 0. The van der Waals surface area contributed by atoms with E-state index in [1.807, 2.05) is 115 Å². The van der Waals surface area contributed by atoms with Gasteiger partial charge in [0.25, 0.3) is 0 Å². The lowest BCUT2D eigenvalue weighted by Crippen LogP contribution is -2.12. The number of unbranched alkanes of at least 4 members (excludes halogenated alkanes) is 54. The first-order valence-corrected chi connectivity index (χ1v) is 58.9. The lowest BCUT2D eigenvalue weighted by molar-refractivity contribution is 0.0724. The van der Waals surface area contributed by atoms with Crippen LogP contribution in [0.1, 0.15) is 491 Å². The topological polar surface area (TPSA) is 173 Å². The Morgan fingerprint density at radius 2 is 0.378 bits per heavy atom. The fourth-order valence-electron chi connectivity index (χ4n) is 18.7. The highest BCUT2D eigenvalue weighted by molar-refractivity contribution is 5.95. The van der Waals surface area contributed by atoms with Crippen LogP contribution in [0, 0.1) is 0 Å². The second-order valence-corrected chi connectivity index (χ2v) is 40.8. The summed E-state index contributed by atoms with van der Waals surface area (Å²) < 4.78 is 63.6. The van der Waals surface area contributed by atoms with E-state index in [9.17, 15) is 19.2 Å². The minimum Gasteiger partial charge on any atom is -0.490 e. The van der Waals surface area contributed by atoms with Gasteiger partial charge in [0, 0.05) is 0 Å². The zero-order valence-electron chi connectivity index (χ0n) is 92.0. The van der Waals surface area contributed by atoms with Crippen LogP contribution in [0.3, 0.4) is 0 Å². The van der Waals surface area contributed by atoms with Crippen LogP contribution in [0.15, 0.2) is 188 Å². The standard InChI is InChI=1S/C133H185NO14/c1-7-13-19-25-31-37-43-49-55-61-98-139-124-104-116(105-125(140-99-62-56-50-44-38-32-26-20-14-8-2)128(124)143-102-65-59-53-47-41-35-29-23-17-11-5)132(137)147-122-94-84-112(85-95-122)110-80-90-120(91-81-110)145-130(135)114-76-70-108(71-77-114)74-88-118-68-67-69-119(134-118)89-75-109-72-78-115(79-73-109)131(136)146-121-92-82-111(83-93-121)113-86-96-123(97-87-113)148-133(138)117-106-126(141-100-63-57-51-45-39-33-27-21-15-9-3)129(144-103-66-60-54-48-42-36-30-24-18-12-6)127(107-117)142-101-64-58-52-46-40-34-28-22-16-10-4/h67-97,104-107H,7-66,98-103H2,1-6H3/b88-74+,89-75+. The third-order valence-electron chi connectivity index (χ3n) is 27.9. The number of carbonyl (C=O) groups is 4. The summed E-state index contributed by atoms with van der Waals surface area (Å²) >= 11 is 0. The molecular weight excluding hydrogens is 1840 g/mol. The van der Waals surface area contributed by atoms with Crippen molar-refractivity contribution in [3.05, 3.63) is 233 Å². The van der Waals surface area contributed by atoms with Crippen LogP contribution in [0.4, 0.5) is 0 Å². The van der Waals surface area contributed by atoms with Crippen molar-refractivity contribution in [2.24, 2.45) is 0 Å². The van der Waals surface area contributed by atoms with Crippen LogP contribution < -0.4 is 47.4 Å². The molecule has 0 saturated heterocycles. The van der Waals surface area contributed by atoms with Crippen LogP contribution in [-0.4, -0.2) is 68.5 Å². The maximum absolute atomic E-state index is 14.3. The van der Waals surface area contributed by atoms with Crippen LogP contribution in [0.25, 0.3) is 46.6 Å². The first-order chi connectivity index (χ1) is 72.9. The van der Waals surface area contributed by atoms with Gasteiger partial charge in [0.1, 0.15) is 23.0 Å². The van der Waals surface area contributed by atoms with Gasteiger partial charge in [-0.15, -0.1) is 0 Å². The van der Waals surface area contributed by atoms with Crippen molar-refractivity contribution in [2.45, 2.75) is 427 Å². The quantitative estimate of drug-likeness (QED) is 0.0200. The minimum atomic E-state index is -0.512. The molecular formula is C133H185NO14. The molecule has 9 aromatic rings. The molecule has 9 rings (SSSR count). The Morgan fingerprint density at radius 3 is 0.581 bits per heavy atom. The summed E-state index contributed by atoms with van der Waals surface area (Å²) in [7, 11) is 0. The zero-order valence-corrected chi connectivity index (χ0v) is 92.0. The lowest BCUT2D eigenvalue weighted by Gasteiger charge is -2.19. The molecule has 0 fully saturated rings. The molecule has 15 nitrogen and oxygen atoms in total. The van der Waals surface area contributed by atoms with Crippen molar-refractivity contribution in [3.8, 4) is 79.7 Å². The Balaban J connectivity index is 0.741. The van der Waals surface area contributed by atoms with Gasteiger partial charge >= 0.3 is 23.9 Å². The van der Waals surface area contributed by atoms with Crippen molar-refractivity contribution >= 4 is 48.2 Å². The van der Waals surface area contributed by atoms with E-state index in [-0.39, 0.29) is 0 Å². The van der Waals surface area contributed by atoms with Crippen LogP contribution in [-0.2, 0) is 0 Å². The third-order valence-corrected chi connectivity index (χ3v) is 27.9. The van der Waals surface area contributed by atoms with Crippen LogP contribution >= 0.6 is 0 Å². The molecule has 0 aliphatic carbocycles. The number of carbonyl (C=O) groups excluding carboxylic acids is 4. The number of ether oxygens (including phenoxy) is 10. The van der Waals surface area contributed by atoms with Gasteiger partial charge in [0.2, 0.25) is 11.5 Å². The average molecular weight is 2020 g/mol. The molecule has 148 heavy (non-hydrogen) atoms. The lowest BCUT2D eigenvalue weighted by atomic mass is 10.1. The van der Waals surface area contributed by atoms with E-state index >= 15 is 0 Å². The SMILES string of the molecule is CCCCCCCCCCCCOc1cc(C(=O)Oc2ccc(-c3ccc(OC(=O)c4ccc(/C=C/c5cccc(/C=C/c6ccc(C(=O)Oc7ccc(-c8ccc(OC(=O)c9cc(OCCCCCCCCCCCC)c(OCCCCCCCCCCCC)c(OCCCCCCCCCCCC)c9)cc8)cc7)cc6)n5)cc4)cc3)cc2)cc(OCCCCCCCCCCCC)c1OCCCCCCCCCCCC. The van der Waals surface area contributed by atoms with Crippen molar-refractivity contribution in [2.75, 3.05) is 39.6 Å². The van der Waals surface area contributed by atoms with Gasteiger partial charge in [0.15, 0.2) is 23.0 Å². The fraction of sp³-hybridized carbons (Fsp3) is 0.541. The second kappa shape index (κ2) is 77.4. The van der Waals surface area contributed by atoms with Gasteiger partial charge < -0.3 is 47.4 Å². The Hall–Kier alpha value is -10.9. The molecule has 15 heteroatoms. The number of hydrogen-bond acceptors (Lipinski definition) is 15. The number of pyridine rings is 1. The summed E-state index contributed by atoms with van der Waals surface area (Å²) in [5.41, 5.74) is 8.32. The van der Waals surface area contributed by atoms with E-state index in [1.165, 1.54) is 308 Å². The van der Waals surface area contributed by atoms with E-state index < -0.39 is 23.9 Å². The van der Waals surface area contributed by atoms with E-state index in [1.54, 1.807) is 97.1 Å². The van der Waals surface area contributed by atoms with E-state index in [4.69, 9.17) is 52.4 Å². The predicted molar refractivity (Wildman–Crippen MR) is 615 cm³/mol.